The van der Waals surface area contributed by atoms with Crippen LogP contribution in [0.3, 0.4) is 0 Å². The first-order chi connectivity index (χ1) is 9.17. The number of nitrogens with one attached hydrogen (secondary N) is 1. The van der Waals surface area contributed by atoms with Crippen LogP contribution < -0.4 is 5.32 Å². The van der Waals surface area contributed by atoms with E-state index in [4.69, 9.17) is 5.11 Å². The number of benzene rings is 1. The van der Waals surface area contributed by atoms with Crippen LogP contribution in [0.1, 0.15) is 30.1 Å². The van der Waals surface area contributed by atoms with Crippen LogP contribution in [0.15, 0.2) is 30.5 Å². The van der Waals surface area contributed by atoms with Crippen LogP contribution in [0.25, 0.3) is 10.9 Å². The Morgan fingerprint density at radius 2 is 2.16 bits per heavy atom. The van der Waals surface area contributed by atoms with E-state index in [1.165, 1.54) is 0 Å². The molecule has 0 aliphatic rings. The molecule has 1 aromatic carbocycles. The summed E-state index contributed by atoms with van der Waals surface area (Å²) >= 11 is 0. The quantitative estimate of drug-likeness (QED) is 0.864. The number of amides is 1. The van der Waals surface area contributed by atoms with Crippen molar-refractivity contribution in [3.8, 4) is 0 Å². The van der Waals surface area contributed by atoms with Crippen molar-refractivity contribution in [2.75, 3.05) is 6.61 Å². The lowest BCUT2D eigenvalue weighted by atomic mass is 10.1. The van der Waals surface area contributed by atoms with Crippen molar-refractivity contribution in [1.29, 1.82) is 0 Å². The van der Waals surface area contributed by atoms with E-state index < -0.39 is 0 Å². The highest BCUT2D eigenvalue weighted by Gasteiger charge is 2.16. The fourth-order valence-corrected chi connectivity index (χ4v) is 2.32. The largest absolute Gasteiger partial charge is 0.396 e. The molecule has 4 heteroatoms. The van der Waals surface area contributed by atoms with Gasteiger partial charge in [0.25, 0.3) is 5.91 Å². The molecular formula is C15H20N2O2. The number of fused-ring (bicyclic) bond motifs is 1. The van der Waals surface area contributed by atoms with Crippen LogP contribution in [-0.4, -0.2) is 28.2 Å². The molecule has 0 radical (unpaired) electrons. The highest BCUT2D eigenvalue weighted by atomic mass is 16.3. The van der Waals surface area contributed by atoms with Gasteiger partial charge in [0.2, 0.25) is 0 Å². The Hall–Kier alpha value is -1.81. The molecule has 1 heterocycles. The van der Waals surface area contributed by atoms with E-state index >= 15 is 0 Å². The first-order valence-electron chi connectivity index (χ1n) is 6.63. The van der Waals surface area contributed by atoms with Gasteiger partial charge in [-0.1, -0.05) is 25.1 Å². The predicted octanol–water partition coefficient (Wildman–Crippen LogP) is 2.07. The van der Waals surface area contributed by atoms with Crippen LogP contribution >= 0.6 is 0 Å². The molecule has 0 saturated carbocycles. The van der Waals surface area contributed by atoms with Crippen LogP contribution in [0.2, 0.25) is 0 Å². The molecule has 1 unspecified atom stereocenters. The molecule has 2 rings (SSSR count). The number of para-hydroxylation sites is 1. The van der Waals surface area contributed by atoms with Gasteiger partial charge < -0.3 is 15.0 Å². The van der Waals surface area contributed by atoms with Gasteiger partial charge >= 0.3 is 0 Å². The molecule has 0 aliphatic carbocycles. The van der Waals surface area contributed by atoms with E-state index in [0.717, 1.165) is 17.3 Å². The number of aryl methyl sites for hydroxylation is 1. The third-order valence-electron chi connectivity index (χ3n) is 3.45. The summed E-state index contributed by atoms with van der Waals surface area (Å²) in [5, 5.41) is 12.9. The van der Waals surface area contributed by atoms with Gasteiger partial charge in [-0.25, -0.2) is 0 Å². The topological polar surface area (TPSA) is 54.3 Å². The highest BCUT2D eigenvalue weighted by Crippen LogP contribution is 2.20. The summed E-state index contributed by atoms with van der Waals surface area (Å²) in [6.07, 6.45) is 3.26. The molecule has 0 fully saturated rings. The number of carbonyl (C=O) groups excluding carboxylic acids is 1. The van der Waals surface area contributed by atoms with E-state index in [-0.39, 0.29) is 18.6 Å². The normalized spacial score (nSPS) is 12.6. The maximum Gasteiger partial charge on any atom is 0.253 e. The summed E-state index contributed by atoms with van der Waals surface area (Å²) < 4.78 is 1.96. The summed E-state index contributed by atoms with van der Waals surface area (Å²) in [6, 6.07) is 7.87. The molecular weight excluding hydrogens is 240 g/mol. The lowest BCUT2D eigenvalue weighted by Gasteiger charge is -2.15. The molecule has 0 saturated heterocycles. The van der Waals surface area contributed by atoms with Crippen LogP contribution in [-0.2, 0) is 7.05 Å². The molecule has 0 bridgehead atoms. The van der Waals surface area contributed by atoms with Crippen molar-refractivity contribution in [1.82, 2.24) is 9.88 Å². The number of hydrogen-bond donors (Lipinski definition) is 2. The van der Waals surface area contributed by atoms with E-state index in [1.54, 1.807) is 0 Å². The summed E-state index contributed by atoms with van der Waals surface area (Å²) in [5.74, 6) is -0.0721. The fraction of sp³-hybridized carbons (Fsp3) is 0.400. The molecule has 0 aliphatic heterocycles. The zero-order chi connectivity index (χ0) is 13.8. The Morgan fingerprint density at radius 3 is 2.84 bits per heavy atom. The third-order valence-corrected chi connectivity index (χ3v) is 3.45. The van der Waals surface area contributed by atoms with Gasteiger partial charge in [0.1, 0.15) is 0 Å². The average molecular weight is 260 g/mol. The van der Waals surface area contributed by atoms with Gasteiger partial charge in [-0.3, -0.25) is 4.79 Å². The smallest absolute Gasteiger partial charge is 0.253 e. The standard InChI is InChI=1S/C15H20N2O2/c1-3-11(8-9-18)16-15(19)13-10-17(2)14-7-5-4-6-12(13)14/h4-7,10-11,18H,3,8-9H2,1-2H3,(H,16,19). The van der Waals surface area contributed by atoms with E-state index in [0.29, 0.717) is 12.0 Å². The number of nitrogens with zero attached hydrogens (tertiary/aromatic N) is 1. The maximum atomic E-state index is 12.3. The Bertz CT molecular complexity index is 575. The maximum absolute atomic E-state index is 12.3. The van der Waals surface area contributed by atoms with Crippen LogP contribution in [0.5, 0.6) is 0 Å². The molecule has 2 aromatic rings. The molecule has 19 heavy (non-hydrogen) atoms. The van der Waals surface area contributed by atoms with Crippen molar-refractivity contribution in [3.63, 3.8) is 0 Å². The predicted molar refractivity (Wildman–Crippen MR) is 76.2 cm³/mol. The number of aromatic nitrogens is 1. The van der Waals surface area contributed by atoms with Gasteiger partial charge in [0, 0.05) is 36.8 Å². The first-order valence-corrected chi connectivity index (χ1v) is 6.63. The van der Waals surface area contributed by atoms with Crippen molar-refractivity contribution >= 4 is 16.8 Å². The molecule has 0 spiro atoms. The Kier molecular flexibility index (Phi) is 4.22. The summed E-state index contributed by atoms with van der Waals surface area (Å²) in [5.41, 5.74) is 1.73. The molecule has 1 amide bonds. The lowest BCUT2D eigenvalue weighted by Crippen LogP contribution is -2.34. The number of aliphatic hydroxyl groups excluding tert-OH is 1. The second-order valence-corrected chi connectivity index (χ2v) is 4.76. The third kappa shape index (κ3) is 2.79. The van der Waals surface area contributed by atoms with Gasteiger partial charge in [0.05, 0.1) is 5.56 Å². The monoisotopic (exact) mass is 260 g/mol. The highest BCUT2D eigenvalue weighted by molar-refractivity contribution is 6.07. The first kappa shape index (κ1) is 13.6. The zero-order valence-corrected chi connectivity index (χ0v) is 11.4. The SMILES string of the molecule is CCC(CCO)NC(=O)c1cn(C)c2ccccc12. The fourth-order valence-electron chi connectivity index (χ4n) is 2.32. The minimum Gasteiger partial charge on any atom is -0.396 e. The molecule has 102 valence electrons. The molecule has 2 N–H and O–H groups in total. The van der Waals surface area contributed by atoms with Gasteiger partial charge in [-0.2, -0.15) is 0 Å². The average Bonchev–Trinajstić information content (AvgIpc) is 2.76. The Balaban J connectivity index is 2.26. The lowest BCUT2D eigenvalue weighted by molar-refractivity contribution is 0.0930. The van der Waals surface area contributed by atoms with E-state index in [9.17, 15) is 4.79 Å². The number of rotatable bonds is 5. The molecule has 1 atom stereocenters. The van der Waals surface area contributed by atoms with Crippen LogP contribution in [0.4, 0.5) is 0 Å². The minimum absolute atomic E-state index is 0.0245. The van der Waals surface area contributed by atoms with E-state index in [1.807, 2.05) is 49.0 Å². The van der Waals surface area contributed by atoms with E-state index in [2.05, 4.69) is 5.32 Å². The van der Waals surface area contributed by atoms with Crippen molar-refractivity contribution in [2.24, 2.45) is 7.05 Å². The number of carbonyl (C=O) groups is 1. The zero-order valence-electron chi connectivity index (χ0n) is 11.4. The van der Waals surface area contributed by atoms with Crippen molar-refractivity contribution in [3.05, 3.63) is 36.0 Å². The summed E-state index contributed by atoms with van der Waals surface area (Å²) in [4.78, 5) is 12.3. The second-order valence-electron chi connectivity index (χ2n) is 4.76. The molecule has 1 aromatic heterocycles. The van der Waals surface area contributed by atoms with Crippen molar-refractivity contribution in [2.45, 2.75) is 25.8 Å². The van der Waals surface area contributed by atoms with Gasteiger partial charge in [-0.05, 0) is 18.9 Å². The minimum atomic E-state index is -0.0721. The summed E-state index contributed by atoms with van der Waals surface area (Å²) in [7, 11) is 1.93. The van der Waals surface area contributed by atoms with Crippen LogP contribution in [0, 0.1) is 0 Å². The second kappa shape index (κ2) is 5.89. The number of hydrogen-bond acceptors (Lipinski definition) is 2. The Labute approximate surface area is 113 Å². The summed E-state index contributed by atoms with van der Waals surface area (Å²) in [6.45, 7) is 2.10. The van der Waals surface area contributed by atoms with Crippen molar-refractivity contribution < 1.29 is 9.90 Å². The molecule has 4 nitrogen and oxygen atoms in total. The van der Waals surface area contributed by atoms with Gasteiger partial charge in [0.15, 0.2) is 0 Å². The number of aliphatic hydroxyl groups is 1. The Morgan fingerprint density at radius 1 is 1.42 bits per heavy atom. The van der Waals surface area contributed by atoms with Gasteiger partial charge in [-0.15, -0.1) is 0 Å².